The topological polar surface area (TPSA) is 88.9 Å². The van der Waals surface area contributed by atoms with Crippen molar-refractivity contribution in [2.24, 2.45) is 0 Å². The number of benzene rings is 1. The molecule has 0 bridgehead atoms. The van der Waals surface area contributed by atoms with Gasteiger partial charge in [0.2, 0.25) is 0 Å². The Morgan fingerprint density at radius 2 is 1.79 bits per heavy atom. The zero-order chi connectivity index (χ0) is 19.9. The molecule has 0 radical (unpaired) electrons. The number of carbonyl (C=O) groups excluding carboxylic acids is 2. The second-order valence-corrected chi connectivity index (χ2v) is 6.39. The molecule has 0 aliphatic heterocycles. The van der Waals surface area contributed by atoms with Gasteiger partial charge in [-0.05, 0) is 36.6 Å². The Morgan fingerprint density at radius 1 is 1.07 bits per heavy atom. The van der Waals surface area contributed by atoms with E-state index in [4.69, 9.17) is 0 Å². The average Bonchev–Trinajstić information content (AvgIpc) is 3.19. The molecule has 7 nitrogen and oxygen atoms in total. The van der Waals surface area contributed by atoms with Crippen LogP contribution in [0.5, 0.6) is 0 Å². The normalized spacial score (nSPS) is 11.6. The zero-order valence-corrected chi connectivity index (χ0v) is 15.9. The molecule has 0 saturated heterocycles. The fourth-order valence-electron chi connectivity index (χ4n) is 2.93. The van der Waals surface area contributed by atoms with Crippen molar-refractivity contribution in [2.45, 2.75) is 19.4 Å². The van der Waals surface area contributed by atoms with Gasteiger partial charge in [-0.2, -0.15) is 5.10 Å². The van der Waals surface area contributed by atoms with Gasteiger partial charge in [-0.15, -0.1) is 0 Å². The van der Waals surface area contributed by atoms with Crippen LogP contribution in [0.1, 0.15) is 45.1 Å². The predicted molar refractivity (Wildman–Crippen MR) is 106 cm³/mol. The van der Waals surface area contributed by atoms with E-state index in [0.29, 0.717) is 18.7 Å². The number of nitrogens with one attached hydrogen (secondary N) is 2. The summed E-state index contributed by atoms with van der Waals surface area (Å²) in [5.41, 5.74) is 2.65. The van der Waals surface area contributed by atoms with Crippen LogP contribution in [0, 0.1) is 0 Å². The minimum Gasteiger partial charge on any atom is -0.354 e. The van der Waals surface area contributed by atoms with Crippen molar-refractivity contribution in [3.8, 4) is 0 Å². The quantitative estimate of drug-likeness (QED) is 0.661. The fourth-order valence-corrected chi connectivity index (χ4v) is 2.93. The van der Waals surface area contributed by atoms with Gasteiger partial charge < -0.3 is 10.6 Å². The molecule has 2 heterocycles. The molecule has 28 heavy (non-hydrogen) atoms. The fraction of sp³-hybridized carbons (Fsp3) is 0.238. The minimum absolute atomic E-state index is 0.194. The first-order chi connectivity index (χ1) is 13.6. The average molecular weight is 377 g/mol. The maximum absolute atomic E-state index is 12.8. The molecule has 1 aromatic carbocycles. The Morgan fingerprint density at radius 3 is 2.46 bits per heavy atom. The number of aromatic nitrogens is 3. The highest BCUT2D eigenvalue weighted by molar-refractivity contribution is 5.97. The summed E-state index contributed by atoms with van der Waals surface area (Å²) < 4.78 is 1.60. The van der Waals surface area contributed by atoms with Gasteiger partial charge in [-0.3, -0.25) is 19.3 Å². The van der Waals surface area contributed by atoms with Crippen molar-refractivity contribution < 1.29 is 9.59 Å². The molecule has 2 amide bonds. The largest absolute Gasteiger partial charge is 0.354 e. The lowest BCUT2D eigenvalue weighted by molar-refractivity contribution is 0.0938. The summed E-state index contributed by atoms with van der Waals surface area (Å²) in [7, 11) is 1.54. The highest BCUT2D eigenvalue weighted by Gasteiger charge is 2.22. The van der Waals surface area contributed by atoms with Crippen molar-refractivity contribution in [1.29, 1.82) is 0 Å². The Kier molecular flexibility index (Phi) is 6.16. The lowest BCUT2D eigenvalue weighted by Gasteiger charge is -2.16. The first-order valence-corrected chi connectivity index (χ1v) is 9.14. The molecule has 0 aliphatic rings. The number of nitrogens with zero attached hydrogens (tertiary/aromatic N) is 3. The molecule has 0 saturated carbocycles. The summed E-state index contributed by atoms with van der Waals surface area (Å²) in [6.07, 6.45) is 4.14. The first-order valence-electron chi connectivity index (χ1n) is 9.14. The molecule has 3 aromatic rings. The Hall–Kier alpha value is -3.48. The number of hydrogen-bond donors (Lipinski definition) is 2. The summed E-state index contributed by atoms with van der Waals surface area (Å²) >= 11 is 0. The van der Waals surface area contributed by atoms with Crippen LogP contribution in [0.2, 0.25) is 0 Å². The zero-order valence-electron chi connectivity index (χ0n) is 15.9. The summed E-state index contributed by atoms with van der Waals surface area (Å²) in [6, 6.07) is 14.9. The van der Waals surface area contributed by atoms with Crippen LogP contribution in [-0.4, -0.2) is 40.2 Å². The highest BCUT2D eigenvalue weighted by atomic mass is 16.2. The van der Waals surface area contributed by atoms with Gasteiger partial charge in [0.25, 0.3) is 11.8 Å². The lowest BCUT2D eigenvalue weighted by atomic mass is 10.1. The van der Waals surface area contributed by atoms with E-state index in [9.17, 15) is 9.59 Å². The first kappa shape index (κ1) is 19.3. The number of carbonyl (C=O) groups is 2. The highest BCUT2D eigenvalue weighted by Crippen LogP contribution is 2.20. The molecule has 3 rings (SSSR count). The number of amides is 2. The molecule has 0 fully saturated rings. The second kappa shape index (κ2) is 8.94. The monoisotopic (exact) mass is 377 g/mol. The van der Waals surface area contributed by atoms with Gasteiger partial charge in [0.05, 0.1) is 6.04 Å². The van der Waals surface area contributed by atoms with Gasteiger partial charge in [0, 0.05) is 32.1 Å². The predicted octanol–water partition coefficient (Wildman–Crippen LogP) is 2.22. The smallest absolute Gasteiger partial charge is 0.271 e. The van der Waals surface area contributed by atoms with Crippen LogP contribution in [0.15, 0.2) is 60.9 Å². The molecule has 1 unspecified atom stereocenters. The molecule has 1 atom stereocenters. The number of rotatable bonds is 7. The van der Waals surface area contributed by atoms with Gasteiger partial charge in [0.1, 0.15) is 5.69 Å². The Labute approximate surface area is 163 Å². The van der Waals surface area contributed by atoms with Crippen LogP contribution < -0.4 is 10.6 Å². The van der Waals surface area contributed by atoms with E-state index in [1.165, 1.54) is 13.1 Å². The van der Waals surface area contributed by atoms with Crippen molar-refractivity contribution in [3.05, 3.63) is 83.4 Å². The summed E-state index contributed by atoms with van der Waals surface area (Å²) in [4.78, 5) is 28.8. The summed E-state index contributed by atoms with van der Waals surface area (Å²) in [5.74, 6) is -0.593. The van der Waals surface area contributed by atoms with E-state index in [-0.39, 0.29) is 23.6 Å². The SMILES string of the molecule is CNC(=O)c1cc(C(=O)NCCc2ccncc2)n(C(C)c2ccccc2)n1. The molecular weight excluding hydrogens is 354 g/mol. The summed E-state index contributed by atoms with van der Waals surface area (Å²) in [6.45, 7) is 2.42. The third kappa shape index (κ3) is 4.43. The van der Waals surface area contributed by atoms with E-state index in [1.807, 2.05) is 49.4 Å². The van der Waals surface area contributed by atoms with E-state index in [0.717, 1.165) is 11.1 Å². The van der Waals surface area contributed by atoms with Crippen LogP contribution in [0.25, 0.3) is 0 Å². The maximum Gasteiger partial charge on any atom is 0.271 e. The lowest BCUT2D eigenvalue weighted by Crippen LogP contribution is -2.29. The van der Waals surface area contributed by atoms with E-state index < -0.39 is 0 Å². The van der Waals surface area contributed by atoms with Crippen molar-refractivity contribution in [2.75, 3.05) is 13.6 Å². The Balaban J connectivity index is 1.80. The maximum atomic E-state index is 12.8. The number of pyridine rings is 1. The third-order valence-electron chi connectivity index (χ3n) is 4.53. The standard InChI is InChI=1S/C21H23N5O2/c1-15(17-6-4-3-5-7-17)26-19(14-18(25-26)20(27)22-2)21(28)24-13-10-16-8-11-23-12-9-16/h3-9,11-12,14-15H,10,13H2,1-2H3,(H,22,27)(H,24,28). The molecule has 2 aromatic heterocycles. The van der Waals surface area contributed by atoms with Gasteiger partial charge in [0.15, 0.2) is 5.69 Å². The third-order valence-corrected chi connectivity index (χ3v) is 4.53. The van der Waals surface area contributed by atoms with Gasteiger partial charge in [-0.1, -0.05) is 30.3 Å². The Bertz CT molecular complexity index is 938. The molecular formula is C21H23N5O2. The van der Waals surface area contributed by atoms with E-state index in [1.54, 1.807) is 17.1 Å². The molecule has 0 spiro atoms. The van der Waals surface area contributed by atoms with E-state index >= 15 is 0 Å². The van der Waals surface area contributed by atoms with Crippen LogP contribution >= 0.6 is 0 Å². The molecule has 7 heteroatoms. The molecule has 2 N–H and O–H groups in total. The van der Waals surface area contributed by atoms with Gasteiger partial charge in [-0.25, -0.2) is 0 Å². The van der Waals surface area contributed by atoms with Gasteiger partial charge >= 0.3 is 0 Å². The van der Waals surface area contributed by atoms with Crippen LogP contribution in [0.4, 0.5) is 0 Å². The van der Waals surface area contributed by atoms with Crippen molar-refractivity contribution in [3.63, 3.8) is 0 Å². The van der Waals surface area contributed by atoms with Crippen LogP contribution in [0.3, 0.4) is 0 Å². The summed E-state index contributed by atoms with van der Waals surface area (Å²) in [5, 5.41) is 9.84. The second-order valence-electron chi connectivity index (χ2n) is 6.39. The van der Waals surface area contributed by atoms with E-state index in [2.05, 4.69) is 20.7 Å². The molecule has 144 valence electrons. The molecule has 0 aliphatic carbocycles. The van der Waals surface area contributed by atoms with Crippen molar-refractivity contribution >= 4 is 11.8 Å². The van der Waals surface area contributed by atoms with Crippen LogP contribution in [-0.2, 0) is 6.42 Å². The minimum atomic E-state index is -0.329. The number of hydrogen-bond acceptors (Lipinski definition) is 4. The van der Waals surface area contributed by atoms with Crippen molar-refractivity contribution in [1.82, 2.24) is 25.4 Å².